The van der Waals surface area contributed by atoms with Gasteiger partial charge in [0.2, 0.25) is 5.91 Å². The molecule has 7 rings (SSSR count). The third-order valence-corrected chi connectivity index (χ3v) is 11.6. The fourth-order valence-corrected chi connectivity index (χ4v) is 8.53. The summed E-state index contributed by atoms with van der Waals surface area (Å²) in [4.78, 5) is 46.4. The molecule has 1 aromatic heterocycles. The molecule has 3 heterocycles. The van der Waals surface area contributed by atoms with E-state index < -0.39 is 17.9 Å². The molecule has 0 bridgehead atoms. The first-order valence-electron chi connectivity index (χ1n) is 18.6. The van der Waals surface area contributed by atoms with Crippen molar-refractivity contribution in [3.63, 3.8) is 0 Å². The summed E-state index contributed by atoms with van der Waals surface area (Å²) in [7, 11) is 3.10. The first kappa shape index (κ1) is 37.4. The van der Waals surface area contributed by atoms with Crippen LogP contribution in [0.4, 0.5) is 0 Å². The van der Waals surface area contributed by atoms with Crippen LogP contribution in [0.5, 0.6) is 23.0 Å². The maximum atomic E-state index is 15.0. The van der Waals surface area contributed by atoms with Crippen LogP contribution in [-0.2, 0) is 29.2 Å². The quantitative estimate of drug-likeness (QED) is 0.144. The number of amides is 2. The van der Waals surface area contributed by atoms with Gasteiger partial charge in [-0.2, -0.15) is 0 Å². The maximum Gasteiger partial charge on any atom is 0.254 e. The van der Waals surface area contributed by atoms with Gasteiger partial charge in [-0.25, -0.2) is 4.68 Å². The zero-order chi connectivity index (χ0) is 37.9. The van der Waals surface area contributed by atoms with E-state index in [1.165, 1.54) is 7.11 Å². The van der Waals surface area contributed by atoms with Crippen molar-refractivity contribution in [3.05, 3.63) is 93.2 Å². The largest absolute Gasteiger partial charge is 0.497 e. The summed E-state index contributed by atoms with van der Waals surface area (Å²) in [6.45, 7) is 5.23. The zero-order valence-electron chi connectivity index (χ0n) is 31.1. The molecule has 13 heteroatoms. The lowest BCUT2D eigenvalue weighted by Crippen LogP contribution is -2.50. The zero-order valence-corrected chi connectivity index (χ0v) is 32.7. The van der Waals surface area contributed by atoms with Gasteiger partial charge in [-0.15, -0.1) is 5.10 Å². The SMILES string of the molecule is COc1ccc(OCC(=O)[C@H]2CCCC[C@H]2C(=O)N2CCc3c(Br)ccc(OCc4cn(C(C)C)nn4)c3[C@H]2CN2Cc3ccccc3C2=O)c(OC)c1. The van der Waals surface area contributed by atoms with Crippen molar-refractivity contribution in [2.24, 2.45) is 11.8 Å². The molecule has 1 fully saturated rings. The maximum absolute atomic E-state index is 15.0. The van der Waals surface area contributed by atoms with E-state index >= 15 is 0 Å². The Bertz CT molecular complexity index is 2030. The number of ether oxygens (including phenoxy) is 4. The fourth-order valence-electron chi connectivity index (χ4n) is 7.99. The summed E-state index contributed by atoms with van der Waals surface area (Å²) in [6, 6.07) is 16.3. The summed E-state index contributed by atoms with van der Waals surface area (Å²) < 4.78 is 26.0. The number of carbonyl (C=O) groups excluding carboxylic acids is 3. The highest BCUT2D eigenvalue weighted by Gasteiger charge is 2.44. The van der Waals surface area contributed by atoms with E-state index in [-0.39, 0.29) is 43.4 Å². The summed E-state index contributed by atoms with van der Waals surface area (Å²) in [5.74, 6) is 0.830. The smallest absolute Gasteiger partial charge is 0.254 e. The van der Waals surface area contributed by atoms with E-state index in [9.17, 15) is 14.4 Å². The number of rotatable bonds is 13. The molecule has 1 aliphatic carbocycles. The number of nitrogens with zero attached hydrogens (tertiary/aromatic N) is 5. The van der Waals surface area contributed by atoms with E-state index in [0.29, 0.717) is 66.6 Å². The van der Waals surface area contributed by atoms with E-state index in [2.05, 4.69) is 26.2 Å². The highest BCUT2D eigenvalue weighted by molar-refractivity contribution is 9.10. The van der Waals surface area contributed by atoms with Crippen molar-refractivity contribution in [3.8, 4) is 23.0 Å². The van der Waals surface area contributed by atoms with E-state index in [4.69, 9.17) is 18.9 Å². The second-order valence-electron chi connectivity index (χ2n) is 14.4. The minimum absolute atomic E-state index is 0.0651. The third kappa shape index (κ3) is 7.55. The van der Waals surface area contributed by atoms with Crippen molar-refractivity contribution in [1.29, 1.82) is 0 Å². The second-order valence-corrected chi connectivity index (χ2v) is 15.3. The van der Waals surface area contributed by atoms with Crippen LogP contribution in [0.1, 0.15) is 84.4 Å². The lowest BCUT2D eigenvalue weighted by molar-refractivity contribution is -0.146. The highest BCUT2D eigenvalue weighted by atomic mass is 79.9. The van der Waals surface area contributed by atoms with Crippen molar-refractivity contribution < 1.29 is 33.3 Å². The number of benzene rings is 3. The number of hydrogen-bond donors (Lipinski definition) is 0. The first-order valence-corrected chi connectivity index (χ1v) is 19.4. The van der Waals surface area contributed by atoms with Crippen LogP contribution in [0.15, 0.2) is 65.3 Å². The van der Waals surface area contributed by atoms with Crippen molar-refractivity contribution >= 4 is 33.5 Å². The molecule has 54 heavy (non-hydrogen) atoms. The Morgan fingerprint density at radius 1 is 0.944 bits per heavy atom. The Morgan fingerprint density at radius 3 is 2.46 bits per heavy atom. The van der Waals surface area contributed by atoms with E-state index in [1.807, 2.05) is 66.2 Å². The van der Waals surface area contributed by atoms with E-state index in [0.717, 1.165) is 34.0 Å². The minimum Gasteiger partial charge on any atom is -0.497 e. The number of Topliss-reactive ketones (excluding diaryl/α,β-unsaturated/α-hetero) is 1. The molecule has 0 radical (unpaired) electrons. The predicted molar refractivity (Wildman–Crippen MR) is 204 cm³/mol. The molecule has 12 nitrogen and oxygen atoms in total. The topological polar surface area (TPSA) is 125 Å². The van der Waals surface area contributed by atoms with Crippen molar-refractivity contribution in [1.82, 2.24) is 24.8 Å². The van der Waals surface area contributed by atoms with Gasteiger partial charge in [0.15, 0.2) is 17.3 Å². The molecule has 3 aliphatic rings. The van der Waals surface area contributed by atoms with Crippen LogP contribution in [0.25, 0.3) is 0 Å². The van der Waals surface area contributed by atoms with Crippen LogP contribution >= 0.6 is 15.9 Å². The molecular weight excluding hydrogens is 754 g/mol. The second kappa shape index (κ2) is 16.2. The van der Waals surface area contributed by atoms with Crippen LogP contribution in [0.3, 0.4) is 0 Å². The van der Waals surface area contributed by atoms with Crippen LogP contribution in [-0.4, -0.2) is 76.3 Å². The Labute approximate surface area is 323 Å². The molecule has 284 valence electrons. The van der Waals surface area contributed by atoms with Crippen molar-refractivity contribution in [2.75, 3.05) is 33.9 Å². The summed E-state index contributed by atoms with van der Waals surface area (Å²) in [5.41, 5.74) is 4.22. The molecule has 2 amide bonds. The number of hydrogen-bond acceptors (Lipinski definition) is 9. The van der Waals surface area contributed by atoms with Crippen LogP contribution in [0.2, 0.25) is 0 Å². The standard InChI is InChI=1S/C41H46BrN5O7/c1-25(2)47-21-27(43-44-47)23-53-37-16-14-33(42)32-17-18-46(34(39(32)37)22-45-20-26-9-5-6-10-29(26)40(45)49)41(50)31-12-8-7-11-30(31)35(48)24-54-36-15-13-28(51-3)19-38(36)52-4/h5-6,9-10,13-16,19,21,25,30-31,34H,7-8,11-12,17-18,20,22-24H2,1-4H3/t30-,31+,34+/m0/s1. The average molecular weight is 801 g/mol. The molecule has 3 atom stereocenters. The summed E-state index contributed by atoms with van der Waals surface area (Å²) in [5, 5.41) is 8.53. The number of carbonyl (C=O) groups is 3. The van der Waals surface area contributed by atoms with Crippen LogP contribution < -0.4 is 18.9 Å². The molecule has 0 saturated heterocycles. The molecule has 4 aromatic rings. The van der Waals surface area contributed by atoms with Gasteiger partial charge >= 0.3 is 0 Å². The minimum atomic E-state index is -0.522. The molecule has 0 spiro atoms. The normalized spacial score (nSPS) is 19.4. The number of halogens is 1. The molecule has 3 aromatic carbocycles. The molecule has 0 N–H and O–H groups in total. The number of ketones is 1. The van der Waals surface area contributed by atoms with Gasteiger partial charge in [-0.3, -0.25) is 14.4 Å². The third-order valence-electron chi connectivity index (χ3n) is 10.8. The predicted octanol–water partition coefficient (Wildman–Crippen LogP) is 6.75. The first-order chi connectivity index (χ1) is 26.2. The van der Waals surface area contributed by atoms with Gasteiger partial charge in [0.25, 0.3) is 5.91 Å². The lowest BCUT2D eigenvalue weighted by Gasteiger charge is -2.43. The van der Waals surface area contributed by atoms with Gasteiger partial charge in [0.05, 0.1) is 26.5 Å². The van der Waals surface area contributed by atoms with Crippen LogP contribution in [0, 0.1) is 11.8 Å². The lowest BCUT2D eigenvalue weighted by atomic mass is 9.75. The number of fused-ring (bicyclic) bond motifs is 2. The molecular formula is C41H46BrN5O7. The van der Waals surface area contributed by atoms with Crippen molar-refractivity contribution in [2.45, 2.75) is 71.2 Å². The average Bonchev–Trinajstić information content (AvgIpc) is 3.81. The molecule has 1 saturated carbocycles. The summed E-state index contributed by atoms with van der Waals surface area (Å²) in [6.07, 6.45) is 5.35. The van der Waals surface area contributed by atoms with Gasteiger partial charge in [-0.1, -0.05) is 52.2 Å². The fraction of sp³-hybridized carbons (Fsp3) is 0.439. The Morgan fingerprint density at radius 2 is 1.72 bits per heavy atom. The highest BCUT2D eigenvalue weighted by Crippen LogP contribution is 2.44. The Balaban J connectivity index is 1.18. The summed E-state index contributed by atoms with van der Waals surface area (Å²) >= 11 is 3.78. The number of aromatic nitrogens is 3. The van der Waals surface area contributed by atoms with E-state index in [1.54, 1.807) is 30.0 Å². The van der Waals surface area contributed by atoms with Gasteiger partial charge in [-0.05, 0) is 74.6 Å². The molecule has 0 unspecified atom stereocenters. The Kier molecular flexibility index (Phi) is 11.2. The Hall–Kier alpha value is -4.91. The molecule has 2 aliphatic heterocycles. The van der Waals surface area contributed by atoms with Gasteiger partial charge in [0, 0.05) is 59.2 Å². The number of methoxy groups -OCH3 is 2. The van der Waals surface area contributed by atoms with Gasteiger partial charge in [0.1, 0.15) is 30.4 Å². The van der Waals surface area contributed by atoms with Gasteiger partial charge < -0.3 is 28.7 Å². The monoisotopic (exact) mass is 799 g/mol.